The van der Waals surface area contributed by atoms with E-state index in [2.05, 4.69) is 10.5 Å². The molecule has 0 saturated carbocycles. The van der Waals surface area contributed by atoms with Gasteiger partial charge in [-0.05, 0) is 41.5 Å². The molecule has 0 amide bonds. The average Bonchev–Trinajstić information content (AvgIpc) is 2.58. The van der Waals surface area contributed by atoms with E-state index in [1.807, 2.05) is 42.5 Å². The second kappa shape index (κ2) is 7.93. The lowest BCUT2D eigenvalue weighted by Crippen LogP contribution is -1.99. The summed E-state index contributed by atoms with van der Waals surface area (Å²) in [6.45, 7) is 0.463. The van der Waals surface area contributed by atoms with Gasteiger partial charge in [0.05, 0.1) is 20.4 Å². The van der Waals surface area contributed by atoms with E-state index in [4.69, 9.17) is 14.2 Å². The molecule has 1 N–H and O–H groups in total. The van der Waals surface area contributed by atoms with Crippen LogP contribution in [0.5, 0.6) is 17.2 Å². The molecule has 5 heteroatoms. The molecule has 0 aliphatic rings. The van der Waals surface area contributed by atoms with Crippen LogP contribution in [-0.4, -0.2) is 27.5 Å². The fourth-order valence-electron chi connectivity index (χ4n) is 1.91. The summed E-state index contributed by atoms with van der Waals surface area (Å²) in [7, 11) is 5.02. The molecule has 116 valence electrons. The van der Waals surface area contributed by atoms with Crippen molar-refractivity contribution < 1.29 is 14.2 Å². The minimum Gasteiger partial charge on any atom is -0.497 e. The smallest absolute Gasteiger partial charge is 0.161 e. The summed E-state index contributed by atoms with van der Waals surface area (Å²) in [4.78, 5) is 0. The molecule has 0 radical (unpaired) electrons. The summed E-state index contributed by atoms with van der Waals surface area (Å²) in [5, 5.41) is 3.97. The Morgan fingerprint density at radius 3 is 2.41 bits per heavy atom. The van der Waals surface area contributed by atoms with Crippen LogP contribution < -0.4 is 19.6 Å². The molecule has 22 heavy (non-hydrogen) atoms. The summed E-state index contributed by atoms with van der Waals surface area (Å²) < 4.78 is 16.3. The van der Waals surface area contributed by atoms with E-state index in [9.17, 15) is 0 Å². The number of rotatable bonds is 7. The van der Waals surface area contributed by atoms with Crippen molar-refractivity contribution in [3.8, 4) is 17.2 Å². The van der Waals surface area contributed by atoms with Crippen molar-refractivity contribution in [2.24, 2.45) is 5.10 Å². The maximum absolute atomic E-state index is 5.82. The predicted molar refractivity (Wildman–Crippen MR) is 87.0 cm³/mol. The van der Waals surface area contributed by atoms with E-state index in [1.165, 1.54) is 0 Å². The molecule has 2 aromatic rings. The van der Waals surface area contributed by atoms with E-state index in [0.717, 1.165) is 16.9 Å². The number of hydrogen-bond acceptors (Lipinski definition) is 5. The molecule has 0 aliphatic carbocycles. The van der Waals surface area contributed by atoms with E-state index in [0.29, 0.717) is 18.1 Å². The van der Waals surface area contributed by atoms with Crippen LogP contribution in [0.3, 0.4) is 0 Å². The van der Waals surface area contributed by atoms with Gasteiger partial charge in [0, 0.05) is 7.05 Å². The monoisotopic (exact) mass is 300 g/mol. The Hall–Kier alpha value is -2.69. The Bertz CT molecular complexity index is 624. The van der Waals surface area contributed by atoms with Gasteiger partial charge in [-0.15, -0.1) is 0 Å². The van der Waals surface area contributed by atoms with Crippen LogP contribution >= 0.6 is 0 Å². The van der Waals surface area contributed by atoms with Crippen molar-refractivity contribution in [3.05, 3.63) is 53.6 Å². The highest BCUT2D eigenvalue weighted by Crippen LogP contribution is 2.28. The van der Waals surface area contributed by atoms with Crippen molar-refractivity contribution in [2.75, 3.05) is 21.3 Å². The summed E-state index contributed by atoms with van der Waals surface area (Å²) in [6.07, 6.45) is 1.72. The van der Waals surface area contributed by atoms with Crippen LogP contribution in [0.4, 0.5) is 0 Å². The maximum Gasteiger partial charge on any atom is 0.161 e. The molecule has 0 aromatic heterocycles. The third-order valence-corrected chi connectivity index (χ3v) is 3.08. The summed E-state index contributed by atoms with van der Waals surface area (Å²) in [5.41, 5.74) is 4.70. The zero-order chi connectivity index (χ0) is 15.8. The van der Waals surface area contributed by atoms with E-state index >= 15 is 0 Å². The lowest BCUT2D eigenvalue weighted by Gasteiger charge is -2.11. The number of benzene rings is 2. The topological polar surface area (TPSA) is 52.1 Å². The van der Waals surface area contributed by atoms with Crippen LogP contribution in [0, 0.1) is 0 Å². The number of ether oxygens (including phenoxy) is 3. The van der Waals surface area contributed by atoms with Crippen molar-refractivity contribution in [1.29, 1.82) is 0 Å². The van der Waals surface area contributed by atoms with Gasteiger partial charge in [0.1, 0.15) is 12.4 Å². The van der Waals surface area contributed by atoms with Crippen molar-refractivity contribution in [3.63, 3.8) is 0 Å². The highest BCUT2D eigenvalue weighted by Gasteiger charge is 2.05. The molecule has 2 rings (SSSR count). The van der Waals surface area contributed by atoms with Gasteiger partial charge in [-0.25, -0.2) is 0 Å². The number of hydrogen-bond donors (Lipinski definition) is 1. The van der Waals surface area contributed by atoms with Gasteiger partial charge in [0.25, 0.3) is 0 Å². The highest BCUT2D eigenvalue weighted by molar-refractivity contribution is 5.80. The fraction of sp³-hybridized carbons (Fsp3) is 0.235. The predicted octanol–water partition coefficient (Wildman–Crippen LogP) is 2.84. The number of hydrazone groups is 1. The molecule has 0 fully saturated rings. The third-order valence-electron chi connectivity index (χ3n) is 3.08. The van der Waals surface area contributed by atoms with Crippen molar-refractivity contribution in [1.82, 2.24) is 5.43 Å². The normalized spacial score (nSPS) is 10.5. The molecule has 5 nitrogen and oxygen atoms in total. The van der Waals surface area contributed by atoms with Gasteiger partial charge in [0.2, 0.25) is 0 Å². The first-order valence-electron chi connectivity index (χ1n) is 6.90. The molecule has 0 bridgehead atoms. The number of nitrogens with zero attached hydrogens (tertiary/aromatic N) is 1. The van der Waals surface area contributed by atoms with Gasteiger partial charge in [-0.1, -0.05) is 12.1 Å². The lowest BCUT2D eigenvalue weighted by molar-refractivity contribution is 0.284. The second-order valence-electron chi connectivity index (χ2n) is 4.53. The van der Waals surface area contributed by atoms with Crippen LogP contribution in [-0.2, 0) is 6.61 Å². The van der Waals surface area contributed by atoms with Crippen LogP contribution in [0.1, 0.15) is 11.1 Å². The van der Waals surface area contributed by atoms with Gasteiger partial charge < -0.3 is 19.6 Å². The molecule has 0 heterocycles. The Morgan fingerprint density at radius 2 is 1.77 bits per heavy atom. The van der Waals surface area contributed by atoms with Crippen molar-refractivity contribution >= 4 is 6.21 Å². The average molecular weight is 300 g/mol. The van der Waals surface area contributed by atoms with Gasteiger partial charge in [-0.3, -0.25) is 0 Å². The zero-order valence-corrected chi connectivity index (χ0v) is 13.0. The van der Waals surface area contributed by atoms with Crippen molar-refractivity contribution in [2.45, 2.75) is 6.61 Å². The van der Waals surface area contributed by atoms with Crippen LogP contribution in [0.2, 0.25) is 0 Å². The first-order valence-corrected chi connectivity index (χ1v) is 6.90. The fourth-order valence-corrected chi connectivity index (χ4v) is 1.91. The molecule has 0 saturated heterocycles. The number of methoxy groups -OCH3 is 2. The van der Waals surface area contributed by atoms with Gasteiger partial charge in [0.15, 0.2) is 11.5 Å². The molecule has 2 aromatic carbocycles. The SMILES string of the molecule is CNN=Cc1ccc(OCc2ccc(OC)cc2)c(OC)c1. The van der Waals surface area contributed by atoms with Gasteiger partial charge >= 0.3 is 0 Å². The van der Waals surface area contributed by atoms with Crippen LogP contribution in [0.15, 0.2) is 47.6 Å². The third kappa shape index (κ3) is 4.15. The maximum atomic E-state index is 5.82. The van der Waals surface area contributed by atoms with Crippen LogP contribution in [0.25, 0.3) is 0 Å². The molecule has 0 unspecified atom stereocenters. The van der Waals surface area contributed by atoms with Gasteiger partial charge in [-0.2, -0.15) is 5.10 Å². The van der Waals surface area contributed by atoms with E-state index < -0.39 is 0 Å². The zero-order valence-electron chi connectivity index (χ0n) is 13.0. The second-order valence-corrected chi connectivity index (χ2v) is 4.53. The summed E-state index contributed by atoms with van der Waals surface area (Å²) >= 11 is 0. The quantitative estimate of drug-likeness (QED) is 0.631. The molecule has 0 atom stereocenters. The largest absolute Gasteiger partial charge is 0.497 e. The minimum atomic E-state index is 0.463. The Balaban J connectivity index is 2.06. The first-order chi connectivity index (χ1) is 10.8. The Kier molecular flexibility index (Phi) is 5.65. The molecular weight excluding hydrogens is 280 g/mol. The Labute approximate surface area is 130 Å². The standard InChI is InChI=1S/C17H20N2O3/c1-18-19-11-14-6-9-16(17(10-14)21-3)22-12-13-4-7-15(20-2)8-5-13/h4-11,18H,12H2,1-3H3. The molecule has 0 spiro atoms. The minimum absolute atomic E-state index is 0.463. The highest BCUT2D eigenvalue weighted by atomic mass is 16.5. The summed E-state index contributed by atoms with van der Waals surface area (Å²) in [5.74, 6) is 2.20. The van der Waals surface area contributed by atoms with E-state index in [-0.39, 0.29) is 0 Å². The molecule has 0 aliphatic heterocycles. The van der Waals surface area contributed by atoms with E-state index in [1.54, 1.807) is 27.5 Å². The summed E-state index contributed by atoms with van der Waals surface area (Å²) in [6, 6.07) is 13.4. The lowest BCUT2D eigenvalue weighted by atomic mass is 10.2. The Morgan fingerprint density at radius 1 is 1.00 bits per heavy atom. The molecular formula is C17H20N2O3. The number of nitrogens with one attached hydrogen (secondary N) is 1. The first kappa shape index (κ1) is 15.7.